The highest BCUT2D eigenvalue weighted by Gasteiger charge is 2.02. The van der Waals surface area contributed by atoms with Crippen molar-refractivity contribution < 1.29 is 0 Å². The molecule has 0 aliphatic rings. The van der Waals surface area contributed by atoms with Crippen LogP contribution in [0.25, 0.3) is 10.9 Å². The molecule has 3 aromatic rings. The van der Waals surface area contributed by atoms with Gasteiger partial charge in [-0.15, -0.1) is 0 Å². The number of H-pyrrole nitrogens is 1. The van der Waals surface area contributed by atoms with Crippen LogP contribution < -0.4 is 5.32 Å². The molecular weight excluding hydrogens is 226 g/mol. The van der Waals surface area contributed by atoms with Crippen molar-refractivity contribution in [3.63, 3.8) is 0 Å². The van der Waals surface area contributed by atoms with E-state index in [-0.39, 0.29) is 0 Å². The molecule has 0 amide bonds. The second-order valence-electron chi connectivity index (χ2n) is 4.01. The van der Waals surface area contributed by atoms with E-state index in [9.17, 15) is 0 Å². The maximum Gasteiger partial charge on any atom is 0.135 e. The molecule has 3 aromatic heterocycles. The molecule has 0 saturated carbocycles. The third-order valence-corrected chi connectivity index (χ3v) is 2.79. The van der Waals surface area contributed by atoms with Crippen LogP contribution in [-0.2, 0) is 6.42 Å². The van der Waals surface area contributed by atoms with Crippen LogP contribution >= 0.6 is 0 Å². The van der Waals surface area contributed by atoms with Gasteiger partial charge in [0.15, 0.2) is 0 Å². The average Bonchev–Trinajstić information content (AvgIpc) is 2.92. The van der Waals surface area contributed by atoms with E-state index in [4.69, 9.17) is 0 Å². The van der Waals surface area contributed by atoms with Crippen molar-refractivity contribution in [2.45, 2.75) is 6.42 Å². The zero-order valence-electron chi connectivity index (χ0n) is 9.80. The van der Waals surface area contributed by atoms with E-state index in [1.807, 2.05) is 30.6 Å². The minimum absolute atomic E-state index is 0.820. The Balaban J connectivity index is 1.74. The zero-order valence-corrected chi connectivity index (χ0v) is 9.80. The summed E-state index contributed by atoms with van der Waals surface area (Å²) in [4.78, 5) is 8.66. The molecule has 18 heavy (non-hydrogen) atoms. The van der Waals surface area contributed by atoms with Crippen LogP contribution in [0.15, 0.2) is 43.0 Å². The minimum Gasteiger partial charge on any atom is -0.369 e. The Morgan fingerprint density at radius 1 is 1.17 bits per heavy atom. The van der Waals surface area contributed by atoms with E-state index in [0.29, 0.717) is 0 Å². The number of hydrogen-bond donors (Lipinski definition) is 2. The van der Waals surface area contributed by atoms with E-state index in [2.05, 4.69) is 25.5 Å². The second-order valence-corrected chi connectivity index (χ2v) is 4.01. The normalized spacial score (nSPS) is 10.7. The summed E-state index contributed by atoms with van der Waals surface area (Å²) in [6, 6.07) is 5.86. The summed E-state index contributed by atoms with van der Waals surface area (Å²) in [5.41, 5.74) is 2.14. The van der Waals surface area contributed by atoms with E-state index < -0.39 is 0 Å². The molecule has 0 atom stereocenters. The maximum absolute atomic E-state index is 4.35. The average molecular weight is 239 g/mol. The largest absolute Gasteiger partial charge is 0.369 e. The van der Waals surface area contributed by atoms with Crippen molar-refractivity contribution in [1.82, 2.24) is 20.2 Å². The summed E-state index contributed by atoms with van der Waals surface area (Å²) in [5, 5.41) is 11.1. The Morgan fingerprint density at radius 2 is 2.17 bits per heavy atom. The summed E-state index contributed by atoms with van der Waals surface area (Å²) in [7, 11) is 0. The summed E-state index contributed by atoms with van der Waals surface area (Å²) in [5.74, 6) is 0.879. The highest BCUT2D eigenvalue weighted by molar-refractivity contribution is 5.88. The number of nitrogens with one attached hydrogen (secondary N) is 2. The minimum atomic E-state index is 0.820. The second kappa shape index (κ2) is 4.83. The Morgan fingerprint density at radius 3 is 3.06 bits per heavy atom. The fourth-order valence-electron chi connectivity index (χ4n) is 1.88. The molecule has 0 aromatic carbocycles. The van der Waals surface area contributed by atoms with Gasteiger partial charge in [-0.1, -0.05) is 0 Å². The van der Waals surface area contributed by atoms with Gasteiger partial charge in [0.1, 0.15) is 5.82 Å². The Labute approximate surface area is 104 Å². The summed E-state index contributed by atoms with van der Waals surface area (Å²) in [6.45, 7) is 0.820. The smallest absolute Gasteiger partial charge is 0.135 e. The standard InChI is InChI=1S/C13H13N5/c1-2-11-12(14-5-1)4-7-16-13(11)15-6-3-10-8-17-18-9-10/h1-2,4-5,7-9H,3,6H2,(H,15,16)(H,17,18). The lowest BCUT2D eigenvalue weighted by Gasteiger charge is -2.07. The van der Waals surface area contributed by atoms with Gasteiger partial charge in [0, 0.05) is 30.5 Å². The Bertz CT molecular complexity index is 627. The number of hydrogen-bond acceptors (Lipinski definition) is 4. The molecule has 0 spiro atoms. The van der Waals surface area contributed by atoms with Crippen LogP contribution in [0.2, 0.25) is 0 Å². The van der Waals surface area contributed by atoms with Crippen molar-refractivity contribution >= 4 is 16.7 Å². The van der Waals surface area contributed by atoms with Crippen LogP contribution in [-0.4, -0.2) is 26.7 Å². The third-order valence-electron chi connectivity index (χ3n) is 2.79. The molecule has 90 valence electrons. The van der Waals surface area contributed by atoms with Gasteiger partial charge < -0.3 is 5.32 Å². The predicted molar refractivity (Wildman–Crippen MR) is 70.3 cm³/mol. The first kappa shape index (κ1) is 10.7. The molecule has 5 nitrogen and oxygen atoms in total. The first-order valence-corrected chi connectivity index (χ1v) is 5.85. The molecule has 0 saturated heterocycles. The van der Waals surface area contributed by atoms with Gasteiger partial charge >= 0.3 is 0 Å². The quantitative estimate of drug-likeness (QED) is 0.731. The number of nitrogens with zero attached hydrogens (tertiary/aromatic N) is 3. The predicted octanol–water partition coefficient (Wildman–Crippen LogP) is 2.01. The number of aromatic amines is 1. The molecule has 2 N–H and O–H groups in total. The molecule has 3 rings (SSSR count). The van der Waals surface area contributed by atoms with Crippen molar-refractivity contribution in [1.29, 1.82) is 0 Å². The highest BCUT2D eigenvalue weighted by atomic mass is 15.1. The summed E-state index contributed by atoms with van der Waals surface area (Å²) < 4.78 is 0. The fraction of sp³-hybridized carbons (Fsp3) is 0.154. The number of rotatable bonds is 4. The van der Waals surface area contributed by atoms with Gasteiger partial charge in [-0.05, 0) is 30.2 Å². The topological polar surface area (TPSA) is 66.5 Å². The van der Waals surface area contributed by atoms with E-state index in [1.165, 1.54) is 5.56 Å². The Hall–Kier alpha value is -2.43. The number of anilines is 1. The number of aromatic nitrogens is 4. The number of fused-ring (bicyclic) bond motifs is 1. The van der Waals surface area contributed by atoms with Gasteiger partial charge in [-0.3, -0.25) is 10.1 Å². The Kier molecular flexibility index (Phi) is 2.87. The van der Waals surface area contributed by atoms with Gasteiger partial charge in [0.25, 0.3) is 0 Å². The summed E-state index contributed by atoms with van der Waals surface area (Å²) in [6.07, 6.45) is 8.21. The van der Waals surface area contributed by atoms with Gasteiger partial charge in [0.05, 0.1) is 11.7 Å². The lowest BCUT2D eigenvalue weighted by Crippen LogP contribution is -2.06. The molecule has 0 bridgehead atoms. The summed E-state index contributed by atoms with van der Waals surface area (Å²) >= 11 is 0. The molecule has 0 radical (unpaired) electrons. The first-order valence-electron chi connectivity index (χ1n) is 5.85. The van der Waals surface area contributed by atoms with E-state index in [1.54, 1.807) is 12.4 Å². The van der Waals surface area contributed by atoms with E-state index >= 15 is 0 Å². The lowest BCUT2D eigenvalue weighted by molar-refractivity contribution is 1.01. The van der Waals surface area contributed by atoms with Crippen molar-refractivity contribution in [3.8, 4) is 0 Å². The third kappa shape index (κ3) is 2.15. The maximum atomic E-state index is 4.35. The van der Waals surface area contributed by atoms with Crippen molar-refractivity contribution in [2.75, 3.05) is 11.9 Å². The fourth-order valence-corrected chi connectivity index (χ4v) is 1.88. The van der Waals surface area contributed by atoms with Crippen LogP contribution in [0.3, 0.4) is 0 Å². The molecule has 0 aliphatic carbocycles. The first-order chi connectivity index (χ1) is 8.93. The number of pyridine rings is 2. The lowest BCUT2D eigenvalue weighted by atomic mass is 10.2. The van der Waals surface area contributed by atoms with Crippen LogP contribution in [0.5, 0.6) is 0 Å². The van der Waals surface area contributed by atoms with Crippen LogP contribution in [0.4, 0.5) is 5.82 Å². The van der Waals surface area contributed by atoms with Crippen molar-refractivity contribution in [3.05, 3.63) is 48.5 Å². The van der Waals surface area contributed by atoms with E-state index in [0.717, 1.165) is 29.7 Å². The van der Waals surface area contributed by atoms with Gasteiger partial charge in [-0.25, -0.2) is 4.98 Å². The molecular formula is C13H13N5. The highest BCUT2D eigenvalue weighted by Crippen LogP contribution is 2.18. The molecule has 0 fully saturated rings. The SMILES string of the molecule is c1cnc2ccnc(NCCc3cn[nH]c3)c2c1. The van der Waals surface area contributed by atoms with Crippen LogP contribution in [0, 0.1) is 0 Å². The molecule has 0 unspecified atom stereocenters. The monoisotopic (exact) mass is 239 g/mol. The zero-order chi connectivity index (χ0) is 12.2. The van der Waals surface area contributed by atoms with Gasteiger partial charge in [-0.2, -0.15) is 5.10 Å². The van der Waals surface area contributed by atoms with Gasteiger partial charge in [0.2, 0.25) is 0 Å². The molecule has 5 heteroatoms. The van der Waals surface area contributed by atoms with Crippen molar-refractivity contribution in [2.24, 2.45) is 0 Å². The molecule has 3 heterocycles. The van der Waals surface area contributed by atoms with Crippen LogP contribution in [0.1, 0.15) is 5.56 Å². The molecule has 0 aliphatic heterocycles.